The number of ether oxygens (including phenoxy) is 1. The van der Waals surface area contributed by atoms with E-state index in [0.717, 1.165) is 0 Å². The second-order valence-corrected chi connectivity index (χ2v) is 5.66. The van der Waals surface area contributed by atoms with Crippen LogP contribution in [0.15, 0.2) is 36.1 Å². The topological polar surface area (TPSA) is 46.5 Å². The van der Waals surface area contributed by atoms with Crippen LogP contribution in [0.25, 0.3) is 6.08 Å². The highest BCUT2D eigenvalue weighted by Crippen LogP contribution is 2.36. The predicted octanol–water partition coefficient (Wildman–Crippen LogP) is 4.97. The summed E-state index contributed by atoms with van der Waals surface area (Å²) in [6.07, 6.45) is 1.51. The first kappa shape index (κ1) is 14.3. The fourth-order valence-corrected chi connectivity index (χ4v) is 2.66. The van der Waals surface area contributed by atoms with Gasteiger partial charge >= 0.3 is 0 Å². The molecule has 1 N–H and O–H groups in total. The molecule has 0 atom stereocenters. The molecule has 106 valence electrons. The Morgan fingerprint density at radius 2 is 1.71 bits per heavy atom. The molecule has 1 aliphatic heterocycles. The van der Waals surface area contributed by atoms with Gasteiger partial charge in [0.05, 0.1) is 15.6 Å². The van der Waals surface area contributed by atoms with Crippen molar-refractivity contribution in [1.82, 2.24) is 0 Å². The Balaban J connectivity index is 2.02. The lowest BCUT2D eigenvalue weighted by atomic mass is 10.1. The first-order valence-corrected chi connectivity index (χ1v) is 7.01. The number of aromatic hydroxyl groups is 1. The van der Waals surface area contributed by atoms with E-state index in [-0.39, 0.29) is 27.3 Å². The molecular weight excluding hydrogens is 335 g/mol. The van der Waals surface area contributed by atoms with Crippen LogP contribution < -0.4 is 4.74 Å². The molecule has 0 bridgehead atoms. The lowest BCUT2D eigenvalue weighted by Crippen LogP contribution is -1.98. The van der Waals surface area contributed by atoms with E-state index in [9.17, 15) is 9.90 Å². The maximum atomic E-state index is 12.2. The highest BCUT2D eigenvalue weighted by molar-refractivity contribution is 6.37. The standard InChI is InChI=1S/C15H7Cl3O3/c16-8-1-2-12-9(6-8)14(19)13(21-12)5-7-3-10(17)15(20)11(18)4-7/h1-6,20H. The molecular formula is C15H7Cl3O3. The van der Waals surface area contributed by atoms with Gasteiger partial charge in [-0.3, -0.25) is 4.79 Å². The molecule has 1 aliphatic rings. The summed E-state index contributed by atoms with van der Waals surface area (Å²) in [5, 5.41) is 10.2. The van der Waals surface area contributed by atoms with Crippen LogP contribution in [-0.2, 0) is 0 Å². The first-order valence-electron chi connectivity index (χ1n) is 5.87. The van der Waals surface area contributed by atoms with Crippen molar-refractivity contribution < 1.29 is 14.6 Å². The summed E-state index contributed by atoms with van der Waals surface area (Å²) in [4.78, 5) is 12.2. The van der Waals surface area contributed by atoms with E-state index in [1.54, 1.807) is 18.2 Å². The normalized spacial score (nSPS) is 15.2. The minimum atomic E-state index is -0.271. The number of phenolic OH excluding ortho intramolecular Hbond substituents is 1. The summed E-state index contributed by atoms with van der Waals surface area (Å²) in [7, 11) is 0. The monoisotopic (exact) mass is 340 g/mol. The number of rotatable bonds is 1. The third kappa shape index (κ3) is 2.60. The summed E-state index contributed by atoms with van der Waals surface area (Å²) in [6, 6.07) is 7.81. The maximum absolute atomic E-state index is 12.2. The number of fused-ring (bicyclic) bond motifs is 1. The molecule has 0 aromatic heterocycles. The van der Waals surface area contributed by atoms with Gasteiger partial charge in [0.15, 0.2) is 11.5 Å². The summed E-state index contributed by atoms with van der Waals surface area (Å²) in [6.45, 7) is 0. The second kappa shape index (κ2) is 5.26. The van der Waals surface area contributed by atoms with Crippen LogP contribution in [0.4, 0.5) is 0 Å². The van der Waals surface area contributed by atoms with Gasteiger partial charge in [-0.2, -0.15) is 0 Å². The summed E-state index contributed by atoms with van der Waals surface area (Å²) < 4.78 is 5.49. The van der Waals surface area contributed by atoms with Gasteiger partial charge in [-0.1, -0.05) is 34.8 Å². The van der Waals surface area contributed by atoms with Gasteiger partial charge < -0.3 is 9.84 Å². The molecule has 2 aromatic rings. The fraction of sp³-hybridized carbons (Fsp3) is 0. The molecule has 3 rings (SSSR count). The van der Waals surface area contributed by atoms with Crippen LogP contribution in [0.3, 0.4) is 0 Å². The molecule has 0 aliphatic carbocycles. The molecule has 0 amide bonds. The van der Waals surface area contributed by atoms with Crippen molar-refractivity contribution in [3.05, 3.63) is 62.3 Å². The molecule has 0 radical (unpaired) electrons. The van der Waals surface area contributed by atoms with Crippen molar-refractivity contribution in [3.8, 4) is 11.5 Å². The minimum absolute atomic E-state index is 0.0976. The second-order valence-electron chi connectivity index (χ2n) is 4.41. The average molecular weight is 342 g/mol. The van der Waals surface area contributed by atoms with Crippen molar-refractivity contribution >= 4 is 46.7 Å². The third-order valence-electron chi connectivity index (χ3n) is 2.97. The highest BCUT2D eigenvalue weighted by atomic mass is 35.5. The quantitative estimate of drug-likeness (QED) is 0.745. The first-order chi connectivity index (χ1) is 9.95. The number of carbonyl (C=O) groups is 1. The Morgan fingerprint density at radius 1 is 1.05 bits per heavy atom. The number of halogens is 3. The van der Waals surface area contributed by atoms with Crippen molar-refractivity contribution in [2.24, 2.45) is 0 Å². The van der Waals surface area contributed by atoms with E-state index >= 15 is 0 Å². The van der Waals surface area contributed by atoms with Gasteiger partial charge in [0.1, 0.15) is 5.75 Å². The molecule has 0 spiro atoms. The molecule has 3 nitrogen and oxygen atoms in total. The van der Waals surface area contributed by atoms with E-state index in [1.165, 1.54) is 18.2 Å². The molecule has 2 aromatic carbocycles. The van der Waals surface area contributed by atoms with E-state index in [4.69, 9.17) is 39.5 Å². The number of hydrogen-bond donors (Lipinski definition) is 1. The number of carbonyl (C=O) groups excluding carboxylic acids is 1. The summed E-state index contributed by atoms with van der Waals surface area (Å²) >= 11 is 17.6. The molecule has 1 heterocycles. The van der Waals surface area contributed by atoms with Gasteiger partial charge in [-0.05, 0) is 42.0 Å². The summed E-state index contributed by atoms with van der Waals surface area (Å²) in [5.41, 5.74) is 0.953. The lowest BCUT2D eigenvalue weighted by Gasteiger charge is -2.03. The zero-order valence-electron chi connectivity index (χ0n) is 10.4. The molecule has 0 saturated heterocycles. The van der Waals surface area contributed by atoms with Gasteiger partial charge in [0.2, 0.25) is 5.78 Å². The summed E-state index contributed by atoms with van der Waals surface area (Å²) in [5.74, 6) is 0.124. The fourth-order valence-electron chi connectivity index (χ4n) is 1.98. The smallest absolute Gasteiger partial charge is 0.232 e. The SMILES string of the molecule is O=C1C(=Cc2cc(Cl)c(O)c(Cl)c2)Oc2ccc(Cl)cc21. The van der Waals surface area contributed by atoms with Crippen LogP contribution in [-0.4, -0.2) is 10.9 Å². The largest absolute Gasteiger partial charge is 0.505 e. The highest BCUT2D eigenvalue weighted by Gasteiger charge is 2.27. The van der Waals surface area contributed by atoms with Gasteiger partial charge in [-0.25, -0.2) is 0 Å². The number of allylic oxidation sites excluding steroid dienone is 1. The molecule has 21 heavy (non-hydrogen) atoms. The molecule has 0 saturated carbocycles. The van der Waals surface area contributed by atoms with Crippen molar-refractivity contribution in [2.75, 3.05) is 0 Å². The Morgan fingerprint density at radius 3 is 2.38 bits per heavy atom. The number of Topliss-reactive ketones (excluding diaryl/α,β-unsaturated/α-hetero) is 1. The maximum Gasteiger partial charge on any atom is 0.232 e. The van der Waals surface area contributed by atoms with E-state index in [2.05, 4.69) is 0 Å². The number of benzene rings is 2. The number of hydrogen-bond acceptors (Lipinski definition) is 3. The number of ketones is 1. The molecule has 0 unspecified atom stereocenters. The average Bonchev–Trinajstić information content (AvgIpc) is 2.73. The Labute approximate surface area is 135 Å². The zero-order valence-corrected chi connectivity index (χ0v) is 12.6. The van der Waals surface area contributed by atoms with Crippen molar-refractivity contribution in [3.63, 3.8) is 0 Å². The Kier molecular flexibility index (Phi) is 3.57. The number of phenols is 1. The van der Waals surface area contributed by atoms with Crippen LogP contribution >= 0.6 is 34.8 Å². The van der Waals surface area contributed by atoms with Gasteiger partial charge in [0.25, 0.3) is 0 Å². The van der Waals surface area contributed by atoms with Crippen molar-refractivity contribution in [1.29, 1.82) is 0 Å². The third-order valence-corrected chi connectivity index (χ3v) is 3.78. The van der Waals surface area contributed by atoms with Crippen LogP contribution in [0.5, 0.6) is 11.5 Å². The van der Waals surface area contributed by atoms with Gasteiger partial charge in [-0.15, -0.1) is 0 Å². The lowest BCUT2D eigenvalue weighted by molar-refractivity contribution is 0.101. The van der Waals surface area contributed by atoms with Crippen LogP contribution in [0, 0.1) is 0 Å². The minimum Gasteiger partial charge on any atom is -0.505 e. The van der Waals surface area contributed by atoms with E-state index in [0.29, 0.717) is 21.9 Å². The van der Waals surface area contributed by atoms with Crippen LogP contribution in [0.2, 0.25) is 15.1 Å². The van der Waals surface area contributed by atoms with Crippen molar-refractivity contribution in [2.45, 2.75) is 0 Å². The van der Waals surface area contributed by atoms with E-state index < -0.39 is 0 Å². The molecule has 0 fully saturated rings. The zero-order chi connectivity index (χ0) is 15.1. The van der Waals surface area contributed by atoms with E-state index in [1.807, 2.05) is 0 Å². The Hall–Kier alpha value is -1.68. The van der Waals surface area contributed by atoms with Gasteiger partial charge in [0, 0.05) is 5.02 Å². The predicted molar refractivity (Wildman–Crippen MR) is 82.5 cm³/mol. The van der Waals surface area contributed by atoms with Crippen LogP contribution in [0.1, 0.15) is 15.9 Å². The molecule has 6 heteroatoms. The Bertz CT molecular complexity index is 774.